The number of ether oxygens (including phenoxy) is 1. The Kier molecular flexibility index (Phi) is 5.93. The van der Waals surface area contributed by atoms with E-state index in [9.17, 15) is 14.0 Å². The van der Waals surface area contributed by atoms with Crippen LogP contribution in [-0.2, 0) is 4.74 Å². The molecule has 0 spiro atoms. The van der Waals surface area contributed by atoms with Crippen LogP contribution in [-0.4, -0.2) is 42.7 Å². The summed E-state index contributed by atoms with van der Waals surface area (Å²) in [5.74, 6) is -0.213. The molecule has 0 saturated carbocycles. The Balaban J connectivity index is 1.77. The number of methoxy groups -OCH3 is 1. The van der Waals surface area contributed by atoms with Crippen LogP contribution in [0.5, 0.6) is 0 Å². The zero-order valence-electron chi connectivity index (χ0n) is 14.5. The topological polar surface area (TPSA) is 46.6 Å². The van der Waals surface area contributed by atoms with Gasteiger partial charge in [-0.05, 0) is 24.6 Å². The lowest BCUT2D eigenvalue weighted by Gasteiger charge is -2.21. The average molecular weight is 373 g/mol. The van der Waals surface area contributed by atoms with Crippen molar-refractivity contribution in [2.24, 2.45) is 0 Å². The first-order valence-corrected chi connectivity index (χ1v) is 9.49. The van der Waals surface area contributed by atoms with Crippen molar-refractivity contribution >= 4 is 23.6 Å². The van der Waals surface area contributed by atoms with Gasteiger partial charge in [-0.25, -0.2) is 9.18 Å². The number of carbonyl (C=O) groups is 2. The van der Waals surface area contributed by atoms with Gasteiger partial charge in [0.1, 0.15) is 5.82 Å². The van der Waals surface area contributed by atoms with Crippen molar-refractivity contribution in [3.63, 3.8) is 0 Å². The van der Waals surface area contributed by atoms with E-state index in [1.807, 2.05) is 6.07 Å². The highest BCUT2D eigenvalue weighted by Crippen LogP contribution is 2.35. The Morgan fingerprint density at radius 1 is 1.08 bits per heavy atom. The molecule has 0 aliphatic carbocycles. The summed E-state index contributed by atoms with van der Waals surface area (Å²) in [6.45, 7) is 1.07. The maximum Gasteiger partial charge on any atom is 0.338 e. The average Bonchev–Trinajstić information content (AvgIpc) is 2.93. The SMILES string of the molecule is COC(=O)c1ccccc1C(=O)N1CCSC(c2ccccc2F)CC1. The fraction of sp³-hybridized carbons (Fsp3) is 0.300. The minimum Gasteiger partial charge on any atom is -0.465 e. The number of thioether (sulfide) groups is 1. The van der Waals surface area contributed by atoms with Crippen molar-refractivity contribution < 1.29 is 18.7 Å². The number of hydrogen-bond acceptors (Lipinski definition) is 4. The van der Waals surface area contributed by atoms with Crippen LogP contribution in [0.2, 0.25) is 0 Å². The van der Waals surface area contributed by atoms with Gasteiger partial charge in [0.2, 0.25) is 0 Å². The number of amides is 1. The Labute approximate surface area is 156 Å². The van der Waals surface area contributed by atoms with Gasteiger partial charge in [-0.3, -0.25) is 4.79 Å². The van der Waals surface area contributed by atoms with E-state index in [2.05, 4.69) is 0 Å². The van der Waals surface area contributed by atoms with E-state index in [-0.39, 0.29) is 22.5 Å². The maximum absolute atomic E-state index is 14.1. The summed E-state index contributed by atoms with van der Waals surface area (Å²) in [5, 5.41) is 0.0184. The molecular weight excluding hydrogens is 353 g/mol. The zero-order chi connectivity index (χ0) is 18.5. The maximum atomic E-state index is 14.1. The van der Waals surface area contributed by atoms with Crippen LogP contribution in [0.1, 0.15) is 38.0 Å². The predicted molar refractivity (Wildman–Crippen MR) is 99.9 cm³/mol. The van der Waals surface area contributed by atoms with Gasteiger partial charge in [-0.2, -0.15) is 11.8 Å². The molecule has 26 heavy (non-hydrogen) atoms. The zero-order valence-corrected chi connectivity index (χ0v) is 15.3. The molecule has 3 rings (SSSR count). The first kappa shape index (κ1) is 18.5. The van der Waals surface area contributed by atoms with Gasteiger partial charge in [-0.15, -0.1) is 0 Å². The second-order valence-corrected chi connectivity index (χ2v) is 7.31. The summed E-state index contributed by atoms with van der Waals surface area (Å²) < 4.78 is 18.8. The second kappa shape index (κ2) is 8.36. The van der Waals surface area contributed by atoms with E-state index in [0.29, 0.717) is 36.4 Å². The number of benzene rings is 2. The van der Waals surface area contributed by atoms with Crippen molar-refractivity contribution in [3.8, 4) is 0 Å². The molecule has 6 heteroatoms. The van der Waals surface area contributed by atoms with Gasteiger partial charge in [0.25, 0.3) is 5.91 Å². The molecule has 1 unspecified atom stereocenters. The normalized spacial score (nSPS) is 17.5. The monoisotopic (exact) mass is 373 g/mol. The van der Waals surface area contributed by atoms with E-state index >= 15 is 0 Å². The van der Waals surface area contributed by atoms with Crippen LogP contribution in [0.15, 0.2) is 48.5 Å². The largest absolute Gasteiger partial charge is 0.465 e. The molecule has 1 fully saturated rings. The number of hydrogen-bond donors (Lipinski definition) is 0. The molecule has 1 heterocycles. The molecule has 1 amide bonds. The number of carbonyl (C=O) groups excluding carboxylic acids is 2. The highest BCUT2D eigenvalue weighted by atomic mass is 32.2. The van der Waals surface area contributed by atoms with Crippen LogP contribution in [0.4, 0.5) is 4.39 Å². The lowest BCUT2D eigenvalue weighted by atomic mass is 10.1. The van der Waals surface area contributed by atoms with Crippen LogP contribution >= 0.6 is 11.8 Å². The molecule has 1 aliphatic rings. The van der Waals surface area contributed by atoms with Crippen LogP contribution in [0.3, 0.4) is 0 Å². The summed E-state index contributed by atoms with van der Waals surface area (Å²) in [7, 11) is 1.30. The lowest BCUT2D eigenvalue weighted by molar-refractivity contribution is 0.0590. The molecule has 1 atom stereocenters. The molecule has 2 aromatic rings. The highest BCUT2D eigenvalue weighted by Gasteiger charge is 2.26. The van der Waals surface area contributed by atoms with E-state index in [1.54, 1.807) is 53.1 Å². The first-order valence-electron chi connectivity index (χ1n) is 8.44. The minimum atomic E-state index is -0.526. The van der Waals surface area contributed by atoms with Crippen molar-refractivity contribution in [3.05, 3.63) is 71.0 Å². The minimum absolute atomic E-state index is 0.0184. The van der Waals surface area contributed by atoms with Crippen molar-refractivity contribution in [2.75, 3.05) is 26.0 Å². The van der Waals surface area contributed by atoms with Crippen LogP contribution in [0.25, 0.3) is 0 Å². The van der Waals surface area contributed by atoms with E-state index in [0.717, 1.165) is 0 Å². The van der Waals surface area contributed by atoms with E-state index < -0.39 is 5.97 Å². The smallest absolute Gasteiger partial charge is 0.338 e. The Bertz CT molecular complexity index is 811. The molecule has 0 aromatic heterocycles. The van der Waals surface area contributed by atoms with Crippen molar-refractivity contribution in [2.45, 2.75) is 11.7 Å². The number of rotatable bonds is 3. The van der Waals surface area contributed by atoms with Crippen molar-refractivity contribution in [1.29, 1.82) is 0 Å². The molecule has 2 aromatic carbocycles. The van der Waals surface area contributed by atoms with Gasteiger partial charge in [0, 0.05) is 29.7 Å². The third-order valence-corrected chi connectivity index (χ3v) is 5.75. The molecule has 0 N–H and O–H groups in total. The lowest BCUT2D eigenvalue weighted by Crippen LogP contribution is -2.34. The van der Waals surface area contributed by atoms with Crippen molar-refractivity contribution in [1.82, 2.24) is 4.90 Å². The molecule has 136 valence electrons. The molecular formula is C20H20FNO3S. The van der Waals surface area contributed by atoms with E-state index in [1.165, 1.54) is 13.2 Å². The number of nitrogens with zero attached hydrogens (tertiary/aromatic N) is 1. The summed E-state index contributed by atoms with van der Waals surface area (Å²) in [6.07, 6.45) is 0.664. The Hall–Kier alpha value is -2.34. The van der Waals surface area contributed by atoms with Gasteiger partial charge in [0.15, 0.2) is 0 Å². The molecule has 0 radical (unpaired) electrons. The van der Waals surface area contributed by atoms with Gasteiger partial charge < -0.3 is 9.64 Å². The Morgan fingerprint density at radius 3 is 2.50 bits per heavy atom. The highest BCUT2D eigenvalue weighted by molar-refractivity contribution is 7.99. The summed E-state index contributed by atoms with van der Waals surface area (Å²) in [6, 6.07) is 13.4. The quantitative estimate of drug-likeness (QED) is 0.765. The number of halogens is 1. The van der Waals surface area contributed by atoms with E-state index in [4.69, 9.17) is 4.74 Å². The first-order chi connectivity index (χ1) is 12.6. The standard InChI is InChI=1S/C20H20FNO3S/c1-25-20(24)15-7-3-2-6-14(15)19(23)22-11-10-18(26-13-12-22)16-8-4-5-9-17(16)21/h2-9,18H,10-13H2,1H3. The summed E-state index contributed by atoms with van der Waals surface area (Å²) in [4.78, 5) is 26.6. The summed E-state index contributed by atoms with van der Waals surface area (Å²) in [5.41, 5.74) is 1.29. The van der Waals surface area contributed by atoms with Crippen LogP contribution < -0.4 is 0 Å². The fourth-order valence-electron chi connectivity index (χ4n) is 3.09. The van der Waals surface area contributed by atoms with Gasteiger partial charge in [-0.1, -0.05) is 30.3 Å². The molecule has 4 nitrogen and oxygen atoms in total. The third-order valence-electron chi connectivity index (χ3n) is 4.44. The number of esters is 1. The molecule has 0 bridgehead atoms. The predicted octanol–water partition coefficient (Wildman–Crippen LogP) is 3.93. The third kappa shape index (κ3) is 3.90. The fourth-order valence-corrected chi connectivity index (χ4v) is 4.34. The second-order valence-electron chi connectivity index (χ2n) is 6.00. The summed E-state index contributed by atoms with van der Waals surface area (Å²) >= 11 is 1.66. The molecule has 1 aliphatic heterocycles. The molecule has 1 saturated heterocycles. The van der Waals surface area contributed by atoms with Gasteiger partial charge >= 0.3 is 5.97 Å². The van der Waals surface area contributed by atoms with Gasteiger partial charge in [0.05, 0.1) is 18.2 Å². The Morgan fingerprint density at radius 2 is 1.77 bits per heavy atom. The van der Waals surface area contributed by atoms with Crippen LogP contribution in [0, 0.1) is 5.82 Å².